The molecule has 0 aliphatic rings. The van der Waals surface area contributed by atoms with Crippen molar-refractivity contribution in [2.45, 2.75) is 232 Å². The van der Waals surface area contributed by atoms with Crippen molar-refractivity contribution in [3.05, 3.63) is 167 Å². The molecule has 76 heavy (non-hydrogen) atoms. The first-order valence-corrected chi connectivity index (χ1v) is 30.6. The molecule has 2 unspecified atom stereocenters. The summed E-state index contributed by atoms with van der Waals surface area (Å²) in [5, 5.41) is 9.26. The summed E-state index contributed by atoms with van der Waals surface area (Å²) in [6, 6.07) is 44.5. The van der Waals surface area contributed by atoms with Crippen molar-refractivity contribution in [3.63, 3.8) is 0 Å². The molecule has 408 valence electrons. The molecule has 0 aliphatic carbocycles. The molecule has 0 heterocycles. The number of carboxylic acids is 1. The van der Waals surface area contributed by atoms with Gasteiger partial charge in [0.05, 0.1) is 6.57 Å². The van der Waals surface area contributed by atoms with Crippen molar-refractivity contribution < 1.29 is 9.90 Å². The summed E-state index contributed by atoms with van der Waals surface area (Å²) < 4.78 is 0. The fourth-order valence-corrected chi connectivity index (χ4v) is 10.8. The van der Waals surface area contributed by atoms with E-state index in [4.69, 9.17) is 6.57 Å². The van der Waals surface area contributed by atoms with Crippen LogP contribution in [0.4, 0.5) is 17.1 Å². The Labute approximate surface area is 463 Å². The average Bonchev–Trinajstić information content (AvgIpc) is 3.45. The number of nitrogens with zero attached hydrogens (tertiary/aromatic N) is 2. The Hall–Kier alpha value is -5.66. The molecule has 2 atom stereocenters. The summed E-state index contributed by atoms with van der Waals surface area (Å²) in [6.07, 6.45) is 46.4. The molecule has 0 spiro atoms. The number of hydrogen-bond donors (Lipinski definition) is 1. The van der Waals surface area contributed by atoms with Crippen LogP contribution < -0.4 is 4.90 Å². The Bertz CT molecular complexity index is 2280. The van der Waals surface area contributed by atoms with E-state index in [0.717, 1.165) is 22.6 Å². The van der Waals surface area contributed by atoms with Crippen molar-refractivity contribution in [2.24, 2.45) is 0 Å². The number of unbranched alkanes of at least 4 members (excludes halogenated alkanes) is 26. The van der Waals surface area contributed by atoms with Gasteiger partial charge in [-0.1, -0.05) is 305 Å². The summed E-state index contributed by atoms with van der Waals surface area (Å²) >= 11 is 0. The molecule has 1 N–H and O–H groups in total. The van der Waals surface area contributed by atoms with Crippen LogP contribution in [0, 0.1) is 6.57 Å². The van der Waals surface area contributed by atoms with Gasteiger partial charge in [0.15, 0.2) is 0 Å². The van der Waals surface area contributed by atoms with E-state index in [0.29, 0.717) is 11.8 Å². The molecular weight excluding hydrogens is 925 g/mol. The Kier molecular flexibility index (Phi) is 29.9. The van der Waals surface area contributed by atoms with Gasteiger partial charge < -0.3 is 10.0 Å². The second-order valence-corrected chi connectivity index (χ2v) is 22.2. The molecular formula is C72H98N2O2. The molecule has 4 heteroatoms. The van der Waals surface area contributed by atoms with E-state index in [-0.39, 0.29) is 5.70 Å². The average molecular weight is 1020 g/mol. The van der Waals surface area contributed by atoms with Crippen molar-refractivity contribution in [2.75, 3.05) is 4.90 Å². The van der Waals surface area contributed by atoms with Crippen LogP contribution in [-0.2, 0) is 4.79 Å². The highest BCUT2D eigenvalue weighted by Gasteiger charge is 2.15. The molecule has 0 aromatic heterocycles. The lowest BCUT2D eigenvalue weighted by Crippen LogP contribution is -2.09. The van der Waals surface area contributed by atoms with E-state index < -0.39 is 5.97 Å². The van der Waals surface area contributed by atoms with Crippen LogP contribution in [0.2, 0.25) is 0 Å². The lowest BCUT2D eigenvalue weighted by atomic mass is 9.93. The number of benzene rings is 5. The largest absolute Gasteiger partial charge is 0.486 e. The van der Waals surface area contributed by atoms with Crippen LogP contribution in [-0.4, -0.2) is 11.1 Å². The molecule has 4 nitrogen and oxygen atoms in total. The molecule has 0 saturated heterocycles. The normalized spacial score (nSPS) is 12.5. The second-order valence-electron chi connectivity index (χ2n) is 22.2. The van der Waals surface area contributed by atoms with Crippen LogP contribution in [0.1, 0.15) is 249 Å². The third-order valence-electron chi connectivity index (χ3n) is 15.9. The zero-order valence-corrected chi connectivity index (χ0v) is 47.9. The van der Waals surface area contributed by atoms with E-state index in [2.05, 4.69) is 147 Å². The molecule has 5 aromatic carbocycles. The Morgan fingerprint density at radius 1 is 0.434 bits per heavy atom. The summed E-state index contributed by atoms with van der Waals surface area (Å²) in [5.74, 6) is -0.105. The van der Waals surface area contributed by atoms with E-state index >= 15 is 0 Å². The van der Waals surface area contributed by atoms with Gasteiger partial charge in [-0.3, -0.25) is 4.79 Å². The first kappa shape index (κ1) is 61.2. The number of anilines is 3. The third kappa shape index (κ3) is 22.9. The number of allylic oxidation sites excluding steroid dienone is 2. The molecule has 0 fully saturated rings. The predicted molar refractivity (Wildman–Crippen MR) is 330 cm³/mol. The molecule has 0 saturated carbocycles. The predicted octanol–water partition coefficient (Wildman–Crippen LogP) is 23.3. The minimum Gasteiger partial charge on any atom is -0.486 e. The molecule has 0 aliphatic heterocycles. The van der Waals surface area contributed by atoms with E-state index in [9.17, 15) is 9.90 Å². The highest BCUT2D eigenvalue weighted by Crippen LogP contribution is 2.38. The minimum atomic E-state index is -1.22. The van der Waals surface area contributed by atoms with Crippen LogP contribution >= 0.6 is 0 Å². The van der Waals surface area contributed by atoms with E-state index in [1.165, 1.54) is 232 Å². The van der Waals surface area contributed by atoms with Gasteiger partial charge in [0.1, 0.15) is 0 Å². The zero-order valence-electron chi connectivity index (χ0n) is 47.9. The first-order valence-electron chi connectivity index (χ1n) is 30.6. The van der Waals surface area contributed by atoms with Crippen LogP contribution in [0.5, 0.6) is 0 Å². The molecule has 0 radical (unpaired) electrons. The van der Waals surface area contributed by atoms with Crippen molar-refractivity contribution in [1.82, 2.24) is 0 Å². The van der Waals surface area contributed by atoms with Crippen molar-refractivity contribution in [3.8, 4) is 22.3 Å². The highest BCUT2D eigenvalue weighted by atomic mass is 16.4. The second kappa shape index (κ2) is 37.2. The van der Waals surface area contributed by atoms with Gasteiger partial charge in [0.2, 0.25) is 0 Å². The van der Waals surface area contributed by atoms with Gasteiger partial charge in [-0.2, -0.15) is 0 Å². The molecule has 5 aromatic rings. The molecule has 5 rings (SSSR count). The number of carboxylic acid groups (broad SMARTS) is 1. The Morgan fingerprint density at radius 3 is 1.00 bits per heavy atom. The number of rotatable bonds is 40. The van der Waals surface area contributed by atoms with Gasteiger partial charge in [-0.25, -0.2) is 4.85 Å². The minimum absolute atomic E-state index is 0.312. The number of carbonyl (C=O) groups is 1. The van der Waals surface area contributed by atoms with Gasteiger partial charge in [0.25, 0.3) is 5.70 Å². The van der Waals surface area contributed by atoms with Gasteiger partial charge >= 0.3 is 5.97 Å². The maximum atomic E-state index is 11.3. The third-order valence-corrected chi connectivity index (χ3v) is 15.9. The summed E-state index contributed by atoms with van der Waals surface area (Å²) in [4.78, 5) is 16.7. The van der Waals surface area contributed by atoms with Gasteiger partial charge in [-0.05, 0) is 106 Å². The van der Waals surface area contributed by atoms with Crippen LogP contribution in [0.15, 0.2) is 139 Å². The van der Waals surface area contributed by atoms with Crippen LogP contribution in [0.25, 0.3) is 33.2 Å². The van der Waals surface area contributed by atoms with E-state index in [1.807, 2.05) is 18.2 Å². The quantitative estimate of drug-likeness (QED) is 0.0184. The molecule has 0 bridgehead atoms. The number of hydrogen-bond acceptors (Lipinski definition) is 2. The highest BCUT2D eigenvalue weighted by molar-refractivity contribution is 5.89. The van der Waals surface area contributed by atoms with E-state index in [1.54, 1.807) is 6.08 Å². The zero-order chi connectivity index (χ0) is 53.8. The molecule has 0 amide bonds. The van der Waals surface area contributed by atoms with Crippen molar-refractivity contribution >= 4 is 29.1 Å². The van der Waals surface area contributed by atoms with Gasteiger partial charge in [0, 0.05) is 17.1 Å². The maximum absolute atomic E-state index is 11.3. The number of aliphatic carboxylic acids is 1. The summed E-state index contributed by atoms with van der Waals surface area (Å²) in [7, 11) is 0. The fraction of sp³-hybridized carbons (Fsp3) is 0.500. The smallest absolute Gasteiger partial charge is 0.333 e. The lowest BCUT2D eigenvalue weighted by Gasteiger charge is -2.26. The standard InChI is InChI=1S/C72H98N2O2/c1-6-8-10-12-14-16-18-20-22-24-26-28-30-32-35-59(3)62-41-45-64(46-42-62)66-49-55-69(56-50-66)74(68-53-39-61(40-54-68)37-34-38-71(73-5)72(75)76)70-57-51-67(52-58-70)65-47-43-63(44-48-65)60(4)36-33-31-29-27-25-23-21-19-17-15-13-11-9-7-2/h34,37-60H,6-33,35-36H2,1-4H3,(H,75,76)/b37-34+,71-38-. The topological polar surface area (TPSA) is 44.9 Å². The fourth-order valence-electron chi connectivity index (χ4n) is 10.8. The SMILES string of the molecule is [C-]#[N+]/C(=C\C=C\c1ccc(N(c2ccc(-c3ccc(C(C)CCCCCCCCCCCCCCCC)cc3)cc2)c2ccc(-c3ccc(C(C)CCCCCCCCCCCCCCCC)cc3)cc2)cc1)C(=O)O. The monoisotopic (exact) mass is 1020 g/mol. The van der Waals surface area contributed by atoms with Gasteiger partial charge in [-0.15, -0.1) is 0 Å². The summed E-state index contributed by atoms with van der Waals surface area (Å²) in [6.45, 7) is 16.5. The van der Waals surface area contributed by atoms with Crippen LogP contribution in [0.3, 0.4) is 0 Å². The lowest BCUT2D eigenvalue weighted by molar-refractivity contribution is -0.132. The summed E-state index contributed by atoms with van der Waals surface area (Å²) in [5.41, 5.74) is 11.4. The van der Waals surface area contributed by atoms with Crippen molar-refractivity contribution in [1.29, 1.82) is 0 Å². The Balaban J connectivity index is 1.14. The Morgan fingerprint density at radius 2 is 0.711 bits per heavy atom. The maximum Gasteiger partial charge on any atom is 0.333 e. The first-order chi connectivity index (χ1) is 37.3.